The summed E-state index contributed by atoms with van der Waals surface area (Å²) in [6.45, 7) is 2.30. The van der Waals surface area contributed by atoms with Crippen LogP contribution in [0.15, 0.2) is 16.6 Å². The Bertz CT molecular complexity index is 354. The zero-order valence-corrected chi connectivity index (χ0v) is 10.2. The number of hydrogen-bond donors (Lipinski definition) is 2. The van der Waals surface area contributed by atoms with Crippen LogP contribution in [0.3, 0.4) is 0 Å². The minimum atomic E-state index is 0.375. The minimum Gasteiger partial charge on any atom is -0.471 e. The highest BCUT2D eigenvalue weighted by molar-refractivity contribution is 9.10. The number of anilines is 1. The predicted octanol–water partition coefficient (Wildman–Crippen LogP) is 2.13. The number of carbonyl (C=O) groups excluding carboxylic acids is 1. The summed E-state index contributed by atoms with van der Waals surface area (Å²) in [4.78, 5) is 8.95. The zero-order valence-electron chi connectivity index (χ0n) is 8.58. The van der Waals surface area contributed by atoms with Gasteiger partial charge in [-0.15, -0.1) is 0 Å². The van der Waals surface area contributed by atoms with Crippen molar-refractivity contribution in [2.45, 2.75) is 6.92 Å². The van der Waals surface area contributed by atoms with Crippen LogP contribution in [-0.2, 0) is 9.53 Å². The minimum absolute atomic E-state index is 0.375. The van der Waals surface area contributed by atoms with E-state index in [4.69, 9.17) is 15.9 Å². The van der Waals surface area contributed by atoms with Crippen molar-refractivity contribution in [1.82, 2.24) is 0 Å². The highest BCUT2D eigenvalue weighted by Crippen LogP contribution is 2.21. The first-order valence-electron chi connectivity index (χ1n) is 4.09. The summed E-state index contributed by atoms with van der Waals surface area (Å²) in [7, 11) is 1.31. The van der Waals surface area contributed by atoms with Gasteiger partial charge in [0.25, 0.3) is 6.47 Å². The molecule has 1 aromatic rings. The van der Waals surface area contributed by atoms with Crippen LogP contribution in [0.1, 0.15) is 11.1 Å². The highest BCUT2D eigenvalue weighted by Gasteiger charge is 2.00. The molecule has 0 bridgehead atoms. The molecule has 3 N–H and O–H groups in total. The molecule has 0 spiro atoms. The van der Waals surface area contributed by atoms with Crippen molar-refractivity contribution in [3.8, 4) is 0 Å². The smallest absolute Gasteiger partial charge is 0.292 e. The van der Waals surface area contributed by atoms with Crippen molar-refractivity contribution >= 4 is 34.3 Å². The Kier molecular flexibility index (Phi) is 6.37. The van der Waals surface area contributed by atoms with Crippen molar-refractivity contribution in [1.29, 1.82) is 5.41 Å². The first-order valence-corrected chi connectivity index (χ1v) is 4.88. The molecule has 0 heterocycles. The Hall–Kier alpha value is -1.36. The molecule has 0 atom stereocenters. The number of rotatable bonds is 2. The number of ether oxygens (including phenoxy) is 1. The van der Waals surface area contributed by atoms with Crippen molar-refractivity contribution in [2.75, 3.05) is 12.8 Å². The summed E-state index contributed by atoms with van der Waals surface area (Å²) >= 11 is 3.33. The molecule has 0 unspecified atom stereocenters. The molecule has 0 saturated heterocycles. The van der Waals surface area contributed by atoms with Gasteiger partial charge in [0.05, 0.1) is 7.11 Å². The first kappa shape index (κ1) is 13.6. The number of carbonyl (C=O) groups is 1. The van der Waals surface area contributed by atoms with E-state index >= 15 is 0 Å². The van der Waals surface area contributed by atoms with Gasteiger partial charge >= 0.3 is 0 Å². The number of nitrogen functional groups attached to an aromatic ring is 1. The van der Waals surface area contributed by atoms with E-state index in [1.807, 2.05) is 19.1 Å². The Morgan fingerprint density at radius 3 is 2.47 bits per heavy atom. The summed E-state index contributed by atoms with van der Waals surface area (Å²) in [5.74, 6) is 0. The molecule has 15 heavy (non-hydrogen) atoms. The second kappa shape index (κ2) is 7.00. The summed E-state index contributed by atoms with van der Waals surface area (Å²) in [6.07, 6.45) is 1.26. The van der Waals surface area contributed by atoms with E-state index in [1.165, 1.54) is 13.3 Å². The molecule has 82 valence electrons. The maximum Gasteiger partial charge on any atom is 0.292 e. The van der Waals surface area contributed by atoms with E-state index in [2.05, 4.69) is 20.7 Å². The molecule has 0 aliphatic rings. The molecule has 5 heteroatoms. The lowest BCUT2D eigenvalue weighted by Crippen LogP contribution is -1.95. The van der Waals surface area contributed by atoms with Crippen LogP contribution >= 0.6 is 15.9 Å². The molecule has 0 fully saturated rings. The Balaban J connectivity index is 0.000000423. The van der Waals surface area contributed by atoms with Gasteiger partial charge in [0.15, 0.2) is 0 Å². The lowest BCUT2D eigenvalue weighted by atomic mass is 10.1. The van der Waals surface area contributed by atoms with E-state index in [-0.39, 0.29) is 0 Å². The van der Waals surface area contributed by atoms with Crippen LogP contribution < -0.4 is 5.73 Å². The molecule has 0 amide bonds. The Morgan fingerprint density at radius 1 is 1.53 bits per heavy atom. The van der Waals surface area contributed by atoms with Gasteiger partial charge in [-0.2, -0.15) is 0 Å². The van der Waals surface area contributed by atoms with Crippen molar-refractivity contribution < 1.29 is 9.53 Å². The second-order valence-electron chi connectivity index (χ2n) is 2.70. The van der Waals surface area contributed by atoms with Crippen LogP contribution in [0, 0.1) is 12.3 Å². The fourth-order valence-electron chi connectivity index (χ4n) is 0.900. The average Bonchev–Trinajstić information content (AvgIpc) is 2.23. The van der Waals surface area contributed by atoms with E-state index in [9.17, 15) is 0 Å². The standard InChI is InChI=1S/C8H9BrN2.C2H4O2/c1-5-2-7(9)3-6(4-10)8(5)11;1-4-2-3/h2-4,10H,11H2,1H3;2H,1H3. The van der Waals surface area contributed by atoms with Crippen LogP contribution in [0.25, 0.3) is 0 Å². The van der Waals surface area contributed by atoms with Gasteiger partial charge in [0, 0.05) is 21.9 Å². The van der Waals surface area contributed by atoms with E-state index in [0.717, 1.165) is 15.6 Å². The topological polar surface area (TPSA) is 76.2 Å². The highest BCUT2D eigenvalue weighted by atomic mass is 79.9. The van der Waals surface area contributed by atoms with E-state index < -0.39 is 0 Å². The maximum absolute atomic E-state index is 8.95. The van der Waals surface area contributed by atoms with Crippen molar-refractivity contribution in [3.05, 3.63) is 27.7 Å². The third-order valence-corrected chi connectivity index (χ3v) is 2.09. The van der Waals surface area contributed by atoms with Gasteiger partial charge in [0.2, 0.25) is 0 Å². The first-order chi connectivity index (χ1) is 7.06. The number of hydrogen-bond acceptors (Lipinski definition) is 4. The molecule has 0 saturated carbocycles. The van der Waals surface area contributed by atoms with Gasteiger partial charge < -0.3 is 15.9 Å². The van der Waals surface area contributed by atoms with Crippen molar-refractivity contribution in [3.63, 3.8) is 0 Å². The van der Waals surface area contributed by atoms with Gasteiger partial charge in [-0.05, 0) is 24.6 Å². The molecule has 0 aliphatic heterocycles. The lowest BCUT2D eigenvalue weighted by molar-refractivity contribution is -0.126. The molecule has 1 aromatic carbocycles. The van der Waals surface area contributed by atoms with Gasteiger partial charge in [-0.3, -0.25) is 4.79 Å². The molecule has 4 nitrogen and oxygen atoms in total. The number of aryl methyl sites for hydroxylation is 1. The van der Waals surface area contributed by atoms with Crippen LogP contribution in [-0.4, -0.2) is 19.8 Å². The average molecular weight is 273 g/mol. The Labute approximate surface area is 97.1 Å². The number of methoxy groups -OCH3 is 1. The quantitative estimate of drug-likeness (QED) is 0.492. The summed E-state index contributed by atoms with van der Waals surface area (Å²) in [5.41, 5.74) is 8.13. The fourth-order valence-corrected chi connectivity index (χ4v) is 1.49. The number of nitrogens with one attached hydrogen (secondary N) is 1. The number of benzene rings is 1. The molecule has 1 rings (SSSR count). The molecule has 0 aromatic heterocycles. The van der Waals surface area contributed by atoms with Gasteiger partial charge in [-0.1, -0.05) is 15.9 Å². The van der Waals surface area contributed by atoms with E-state index in [1.54, 1.807) is 0 Å². The van der Waals surface area contributed by atoms with Crippen LogP contribution in [0.5, 0.6) is 0 Å². The third-order valence-electron chi connectivity index (χ3n) is 1.64. The lowest BCUT2D eigenvalue weighted by Gasteiger charge is -2.03. The number of halogens is 1. The van der Waals surface area contributed by atoms with Crippen LogP contribution in [0.2, 0.25) is 0 Å². The zero-order chi connectivity index (χ0) is 11.8. The monoisotopic (exact) mass is 272 g/mol. The largest absolute Gasteiger partial charge is 0.471 e. The second-order valence-corrected chi connectivity index (χ2v) is 3.62. The summed E-state index contributed by atoms with van der Waals surface area (Å²) in [6, 6.07) is 3.76. The summed E-state index contributed by atoms with van der Waals surface area (Å²) in [5, 5.41) is 7.05. The molecular weight excluding hydrogens is 260 g/mol. The van der Waals surface area contributed by atoms with Crippen molar-refractivity contribution in [2.24, 2.45) is 0 Å². The van der Waals surface area contributed by atoms with Gasteiger partial charge in [0.1, 0.15) is 0 Å². The third kappa shape index (κ3) is 4.60. The fraction of sp³-hybridized carbons (Fsp3) is 0.200. The molecule has 0 aliphatic carbocycles. The molecule has 0 radical (unpaired) electrons. The Morgan fingerprint density at radius 2 is 2.07 bits per heavy atom. The summed E-state index contributed by atoms with van der Waals surface area (Å²) < 4.78 is 4.82. The SMILES string of the molecule is COC=O.Cc1cc(Br)cc(C=N)c1N. The van der Waals surface area contributed by atoms with Crippen LogP contribution in [0.4, 0.5) is 5.69 Å². The normalized spacial score (nSPS) is 8.47. The number of nitrogens with two attached hydrogens (primary N) is 1. The predicted molar refractivity (Wildman–Crippen MR) is 64.3 cm³/mol. The van der Waals surface area contributed by atoms with Gasteiger partial charge in [-0.25, -0.2) is 0 Å². The molecular formula is C10H13BrN2O2. The maximum atomic E-state index is 8.95. The van der Waals surface area contributed by atoms with E-state index in [0.29, 0.717) is 12.2 Å².